The third-order valence-corrected chi connectivity index (χ3v) is 8.36. The maximum Gasteiger partial charge on any atom is 0.419 e. The topological polar surface area (TPSA) is 95.5 Å². The minimum Gasteiger partial charge on any atom is -0.493 e. The van der Waals surface area contributed by atoms with E-state index in [1.54, 1.807) is 19.2 Å². The van der Waals surface area contributed by atoms with Crippen LogP contribution < -0.4 is 20.3 Å². The lowest BCUT2D eigenvalue weighted by Gasteiger charge is -2.27. The number of halogens is 3. The number of ether oxygens (including phenoxy) is 1. The minimum absolute atomic E-state index is 0.118. The largest absolute Gasteiger partial charge is 0.493 e. The van der Waals surface area contributed by atoms with E-state index in [1.165, 1.54) is 23.6 Å². The molecule has 4 heterocycles. The summed E-state index contributed by atoms with van der Waals surface area (Å²) in [6.45, 7) is 8.67. The van der Waals surface area contributed by atoms with E-state index >= 15 is 0 Å². The SMILES string of the molecule is CCOc1ccc(-c2nc(NC(=O)c3cnc(N4CCNCC4)cn3)sc2CN2CCCC2CC)cc1C(F)(F)F. The van der Waals surface area contributed by atoms with Crippen molar-refractivity contribution in [3.8, 4) is 17.0 Å². The summed E-state index contributed by atoms with van der Waals surface area (Å²) in [5, 5.41) is 6.37. The van der Waals surface area contributed by atoms with Crippen molar-refractivity contribution >= 4 is 28.2 Å². The van der Waals surface area contributed by atoms with Crippen molar-refractivity contribution in [3.05, 3.63) is 46.7 Å². The summed E-state index contributed by atoms with van der Waals surface area (Å²) in [7, 11) is 0. The standard InChI is InChI=1S/C28H34F3N7O2S/c1-3-19-6-5-11-38(19)17-23-25(18-7-8-22(40-4-2)20(14-18)28(29,30)31)35-27(41-23)36-26(39)21-15-34-24(16-33-21)37-12-9-32-10-13-37/h7-8,14-16,19,32H,3-6,9-13,17H2,1-2H3,(H,35,36,39). The summed E-state index contributed by atoms with van der Waals surface area (Å²) < 4.78 is 47.0. The van der Waals surface area contributed by atoms with E-state index in [0.29, 0.717) is 34.8 Å². The maximum atomic E-state index is 13.9. The summed E-state index contributed by atoms with van der Waals surface area (Å²) in [4.78, 5) is 31.6. The monoisotopic (exact) mass is 589 g/mol. The molecule has 0 bridgehead atoms. The maximum absolute atomic E-state index is 13.9. The minimum atomic E-state index is -4.59. The van der Waals surface area contributed by atoms with Crippen LogP contribution in [0.2, 0.25) is 0 Å². The molecule has 2 aliphatic heterocycles. The molecule has 0 radical (unpaired) electrons. The lowest BCUT2D eigenvalue weighted by atomic mass is 10.1. The Bertz CT molecular complexity index is 1340. The van der Waals surface area contributed by atoms with Crippen LogP contribution in [0.25, 0.3) is 11.3 Å². The number of nitrogens with zero attached hydrogens (tertiary/aromatic N) is 5. The molecule has 0 saturated carbocycles. The number of carbonyl (C=O) groups excluding carboxylic acids is 1. The first-order valence-corrected chi connectivity index (χ1v) is 14.8. The van der Waals surface area contributed by atoms with Crippen LogP contribution >= 0.6 is 11.3 Å². The molecule has 1 amide bonds. The van der Waals surface area contributed by atoms with E-state index in [9.17, 15) is 18.0 Å². The second-order valence-electron chi connectivity index (χ2n) is 10.1. The van der Waals surface area contributed by atoms with Gasteiger partial charge in [0.2, 0.25) is 0 Å². The molecule has 220 valence electrons. The lowest BCUT2D eigenvalue weighted by molar-refractivity contribution is -0.138. The highest BCUT2D eigenvalue weighted by atomic mass is 32.1. The molecule has 3 aromatic rings. The number of alkyl halides is 3. The Morgan fingerprint density at radius 3 is 2.66 bits per heavy atom. The molecule has 1 aromatic carbocycles. The number of benzene rings is 1. The van der Waals surface area contributed by atoms with Crippen molar-refractivity contribution in [1.29, 1.82) is 0 Å². The van der Waals surface area contributed by atoms with Gasteiger partial charge >= 0.3 is 6.18 Å². The fraction of sp³-hybridized carbons (Fsp3) is 0.500. The highest BCUT2D eigenvalue weighted by molar-refractivity contribution is 7.16. The zero-order valence-electron chi connectivity index (χ0n) is 23.1. The van der Waals surface area contributed by atoms with Crippen molar-refractivity contribution in [2.75, 3.05) is 49.5 Å². The van der Waals surface area contributed by atoms with Gasteiger partial charge in [0, 0.05) is 49.2 Å². The van der Waals surface area contributed by atoms with Gasteiger partial charge in [0.15, 0.2) is 5.13 Å². The fourth-order valence-corrected chi connectivity index (χ4v) is 6.33. The Labute approximate surface area is 241 Å². The summed E-state index contributed by atoms with van der Waals surface area (Å²) in [5.74, 6) is 0.00269. The average Bonchev–Trinajstić information content (AvgIpc) is 3.60. The van der Waals surface area contributed by atoms with Crippen molar-refractivity contribution < 1.29 is 22.7 Å². The second-order valence-corrected chi connectivity index (χ2v) is 11.1. The first kappa shape index (κ1) is 29.2. The van der Waals surface area contributed by atoms with Gasteiger partial charge in [-0.1, -0.05) is 18.3 Å². The van der Waals surface area contributed by atoms with Gasteiger partial charge < -0.3 is 15.0 Å². The number of rotatable bonds is 9. The van der Waals surface area contributed by atoms with E-state index in [4.69, 9.17) is 4.74 Å². The molecular weight excluding hydrogens is 555 g/mol. The van der Waals surface area contributed by atoms with Crippen LogP contribution in [0, 0.1) is 0 Å². The molecule has 5 rings (SSSR count). The normalized spacial score (nSPS) is 18.1. The number of amides is 1. The molecule has 2 aromatic heterocycles. The van der Waals surface area contributed by atoms with Crippen LogP contribution in [0.1, 0.15) is 54.0 Å². The average molecular weight is 590 g/mol. The Morgan fingerprint density at radius 1 is 1.17 bits per heavy atom. The molecule has 0 spiro atoms. The van der Waals surface area contributed by atoms with E-state index in [2.05, 4.69) is 42.3 Å². The molecule has 2 saturated heterocycles. The van der Waals surface area contributed by atoms with Crippen LogP contribution in [-0.4, -0.2) is 71.1 Å². The molecular formula is C28H34F3N7O2S. The quantitative estimate of drug-likeness (QED) is 0.358. The number of piperazine rings is 1. The van der Waals surface area contributed by atoms with Gasteiger partial charge in [-0.3, -0.25) is 15.0 Å². The van der Waals surface area contributed by atoms with E-state index < -0.39 is 17.6 Å². The molecule has 1 atom stereocenters. The van der Waals surface area contributed by atoms with Gasteiger partial charge in [-0.25, -0.2) is 15.0 Å². The van der Waals surface area contributed by atoms with Crippen molar-refractivity contribution in [2.45, 2.75) is 51.9 Å². The number of nitrogens with one attached hydrogen (secondary N) is 2. The van der Waals surface area contributed by atoms with Crippen LogP contribution in [0.4, 0.5) is 24.1 Å². The number of thiazole rings is 1. The number of hydrogen-bond donors (Lipinski definition) is 2. The summed E-state index contributed by atoms with van der Waals surface area (Å²) in [6.07, 6.45) is 1.56. The zero-order chi connectivity index (χ0) is 29.0. The van der Waals surface area contributed by atoms with Gasteiger partial charge in [-0.15, -0.1) is 0 Å². The van der Waals surface area contributed by atoms with Crippen LogP contribution in [-0.2, 0) is 12.7 Å². The van der Waals surface area contributed by atoms with Crippen molar-refractivity contribution in [2.24, 2.45) is 0 Å². The lowest BCUT2D eigenvalue weighted by Crippen LogP contribution is -2.44. The summed E-state index contributed by atoms with van der Waals surface area (Å²) in [5.41, 5.74) is 0.0164. The van der Waals surface area contributed by atoms with E-state index in [0.717, 1.165) is 62.9 Å². The number of carbonyl (C=O) groups is 1. The Hall–Kier alpha value is -3.29. The second kappa shape index (κ2) is 12.7. The fourth-order valence-electron chi connectivity index (χ4n) is 5.33. The highest BCUT2D eigenvalue weighted by Crippen LogP contribution is 2.41. The van der Waals surface area contributed by atoms with Crippen LogP contribution in [0.15, 0.2) is 30.6 Å². The van der Waals surface area contributed by atoms with E-state index in [-0.39, 0.29) is 18.1 Å². The predicted molar refractivity (Wildman–Crippen MR) is 153 cm³/mol. The van der Waals surface area contributed by atoms with Crippen molar-refractivity contribution in [1.82, 2.24) is 25.2 Å². The Morgan fingerprint density at radius 2 is 1.98 bits per heavy atom. The number of aromatic nitrogens is 3. The molecule has 2 N–H and O–H groups in total. The third-order valence-electron chi connectivity index (χ3n) is 7.40. The third kappa shape index (κ3) is 6.79. The first-order valence-electron chi connectivity index (χ1n) is 13.9. The summed E-state index contributed by atoms with van der Waals surface area (Å²) >= 11 is 1.27. The molecule has 2 aliphatic rings. The van der Waals surface area contributed by atoms with E-state index in [1.807, 2.05) is 0 Å². The van der Waals surface area contributed by atoms with Gasteiger partial charge in [0.1, 0.15) is 17.3 Å². The molecule has 0 aliphatic carbocycles. The number of likely N-dealkylation sites (tertiary alicyclic amines) is 1. The molecule has 9 nitrogen and oxygen atoms in total. The molecule has 1 unspecified atom stereocenters. The smallest absolute Gasteiger partial charge is 0.419 e. The van der Waals surface area contributed by atoms with Crippen molar-refractivity contribution in [3.63, 3.8) is 0 Å². The number of hydrogen-bond acceptors (Lipinski definition) is 9. The molecule has 13 heteroatoms. The van der Waals surface area contributed by atoms with Gasteiger partial charge in [0.05, 0.1) is 30.3 Å². The molecule has 41 heavy (non-hydrogen) atoms. The van der Waals surface area contributed by atoms with Gasteiger partial charge in [0.25, 0.3) is 5.91 Å². The Balaban J connectivity index is 1.43. The van der Waals surface area contributed by atoms with Gasteiger partial charge in [-0.2, -0.15) is 13.2 Å². The number of anilines is 2. The first-order chi connectivity index (χ1) is 19.8. The highest BCUT2D eigenvalue weighted by Gasteiger charge is 2.35. The molecule has 2 fully saturated rings. The summed E-state index contributed by atoms with van der Waals surface area (Å²) in [6, 6.07) is 4.41. The Kier molecular flexibility index (Phi) is 9.05. The van der Waals surface area contributed by atoms with Crippen LogP contribution in [0.3, 0.4) is 0 Å². The van der Waals surface area contributed by atoms with Gasteiger partial charge in [-0.05, 0) is 50.9 Å². The predicted octanol–water partition coefficient (Wildman–Crippen LogP) is 5.05. The van der Waals surface area contributed by atoms with Crippen LogP contribution in [0.5, 0.6) is 5.75 Å². The zero-order valence-corrected chi connectivity index (χ0v) is 23.9.